The predicted molar refractivity (Wildman–Crippen MR) is 90.7 cm³/mol. The van der Waals surface area contributed by atoms with Crippen molar-refractivity contribution in [2.24, 2.45) is 13.0 Å². The molecule has 2 aromatic heterocycles. The molecule has 0 saturated carbocycles. The van der Waals surface area contributed by atoms with Crippen molar-refractivity contribution in [3.8, 4) is 11.4 Å². The van der Waals surface area contributed by atoms with E-state index in [0.29, 0.717) is 5.92 Å². The van der Waals surface area contributed by atoms with Crippen LogP contribution in [0.15, 0.2) is 24.5 Å². The molecule has 3 heterocycles. The van der Waals surface area contributed by atoms with Crippen LogP contribution in [0, 0.1) is 5.92 Å². The van der Waals surface area contributed by atoms with Crippen molar-refractivity contribution in [2.45, 2.75) is 32.1 Å². The summed E-state index contributed by atoms with van der Waals surface area (Å²) in [6.45, 7) is 1.85. The van der Waals surface area contributed by atoms with Gasteiger partial charge in [0.2, 0.25) is 5.95 Å². The standard InChI is InChI=1S/C17H23N5O2/c1-21-15(6-10-19-21)14-5-9-18-17(20-14)22-11-7-13(8-12-22)3-2-4-16(23)24/h5-6,9-10,13H,2-4,7-8,11-12H2,1H3,(H,23,24). The fraction of sp³-hybridized carbons (Fsp3) is 0.529. The summed E-state index contributed by atoms with van der Waals surface area (Å²) < 4.78 is 1.81. The van der Waals surface area contributed by atoms with Crippen LogP contribution in [0.3, 0.4) is 0 Å². The summed E-state index contributed by atoms with van der Waals surface area (Å²) in [5.41, 5.74) is 1.85. The number of hydrogen-bond donors (Lipinski definition) is 1. The number of carboxylic acid groups (broad SMARTS) is 1. The monoisotopic (exact) mass is 329 g/mol. The molecule has 1 aliphatic heterocycles. The largest absolute Gasteiger partial charge is 0.481 e. The Morgan fingerprint density at radius 1 is 1.29 bits per heavy atom. The second-order valence-electron chi connectivity index (χ2n) is 6.30. The number of hydrogen-bond acceptors (Lipinski definition) is 5. The topological polar surface area (TPSA) is 84.1 Å². The zero-order chi connectivity index (χ0) is 16.9. The molecule has 0 spiro atoms. The zero-order valence-electron chi connectivity index (χ0n) is 13.9. The van der Waals surface area contributed by atoms with Gasteiger partial charge < -0.3 is 10.0 Å². The van der Waals surface area contributed by atoms with Crippen LogP contribution in [0.1, 0.15) is 32.1 Å². The van der Waals surface area contributed by atoms with Crippen LogP contribution in [0.25, 0.3) is 11.4 Å². The smallest absolute Gasteiger partial charge is 0.303 e. The molecular weight excluding hydrogens is 306 g/mol. The molecule has 0 amide bonds. The Morgan fingerprint density at radius 2 is 2.08 bits per heavy atom. The predicted octanol–water partition coefficient (Wildman–Crippen LogP) is 2.35. The molecule has 3 rings (SSSR count). The van der Waals surface area contributed by atoms with Crippen molar-refractivity contribution in [1.29, 1.82) is 0 Å². The van der Waals surface area contributed by atoms with Gasteiger partial charge >= 0.3 is 5.97 Å². The van der Waals surface area contributed by atoms with Gasteiger partial charge in [-0.2, -0.15) is 5.10 Å². The summed E-state index contributed by atoms with van der Waals surface area (Å²) in [5.74, 6) is 0.673. The van der Waals surface area contributed by atoms with E-state index < -0.39 is 5.97 Å². The lowest BCUT2D eigenvalue weighted by Gasteiger charge is -2.32. The second kappa shape index (κ2) is 7.42. The second-order valence-corrected chi connectivity index (χ2v) is 6.30. The molecule has 1 aliphatic rings. The lowest BCUT2D eigenvalue weighted by Crippen LogP contribution is -2.35. The lowest BCUT2D eigenvalue weighted by molar-refractivity contribution is -0.137. The third kappa shape index (κ3) is 3.90. The Labute approximate surface area is 141 Å². The molecule has 0 radical (unpaired) electrons. The number of aliphatic carboxylic acids is 1. The van der Waals surface area contributed by atoms with E-state index in [1.54, 1.807) is 17.1 Å². The highest BCUT2D eigenvalue weighted by atomic mass is 16.4. The molecule has 128 valence electrons. The molecule has 24 heavy (non-hydrogen) atoms. The van der Waals surface area contributed by atoms with E-state index in [1.165, 1.54) is 0 Å². The average Bonchev–Trinajstić information content (AvgIpc) is 3.01. The van der Waals surface area contributed by atoms with Crippen molar-refractivity contribution in [1.82, 2.24) is 19.7 Å². The summed E-state index contributed by atoms with van der Waals surface area (Å²) in [4.78, 5) is 21.9. The molecule has 1 fully saturated rings. The maximum atomic E-state index is 10.6. The van der Waals surface area contributed by atoms with Crippen molar-refractivity contribution in [3.05, 3.63) is 24.5 Å². The van der Waals surface area contributed by atoms with E-state index in [2.05, 4.69) is 20.0 Å². The summed E-state index contributed by atoms with van der Waals surface area (Å²) in [6.07, 6.45) is 7.74. The van der Waals surface area contributed by atoms with Gasteiger partial charge in [0.1, 0.15) is 0 Å². The van der Waals surface area contributed by atoms with Crippen molar-refractivity contribution in [3.63, 3.8) is 0 Å². The number of nitrogens with zero attached hydrogens (tertiary/aromatic N) is 5. The van der Waals surface area contributed by atoms with Gasteiger partial charge in [0.25, 0.3) is 0 Å². The van der Waals surface area contributed by atoms with Crippen molar-refractivity contribution >= 4 is 11.9 Å². The van der Waals surface area contributed by atoms with Gasteiger partial charge in [-0.25, -0.2) is 9.97 Å². The molecule has 2 aromatic rings. The normalized spacial score (nSPS) is 15.6. The van der Waals surface area contributed by atoms with Crippen LogP contribution in [0.2, 0.25) is 0 Å². The summed E-state index contributed by atoms with van der Waals surface area (Å²) in [7, 11) is 1.90. The average molecular weight is 329 g/mol. The van der Waals surface area contributed by atoms with Crippen molar-refractivity contribution in [2.75, 3.05) is 18.0 Å². The summed E-state index contributed by atoms with van der Waals surface area (Å²) in [6, 6.07) is 3.85. The number of anilines is 1. The maximum absolute atomic E-state index is 10.6. The quantitative estimate of drug-likeness (QED) is 0.876. The van der Waals surface area contributed by atoms with Gasteiger partial charge in [0.05, 0.1) is 11.4 Å². The first-order valence-corrected chi connectivity index (χ1v) is 8.41. The number of carboxylic acids is 1. The van der Waals surface area contributed by atoms with E-state index in [-0.39, 0.29) is 6.42 Å². The van der Waals surface area contributed by atoms with Crippen LogP contribution < -0.4 is 4.90 Å². The minimum absolute atomic E-state index is 0.274. The minimum atomic E-state index is -0.701. The zero-order valence-corrected chi connectivity index (χ0v) is 13.9. The molecular formula is C17H23N5O2. The lowest BCUT2D eigenvalue weighted by atomic mass is 9.92. The summed E-state index contributed by atoms with van der Waals surface area (Å²) in [5, 5.41) is 12.9. The molecule has 0 aromatic carbocycles. The van der Waals surface area contributed by atoms with E-state index in [0.717, 1.165) is 56.1 Å². The van der Waals surface area contributed by atoms with Gasteiger partial charge in [-0.1, -0.05) is 0 Å². The first-order chi connectivity index (χ1) is 11.6. The number of aryl methyl sites for hydroxylation is 1. The van der Waals surface area contributed by atoms with Crippen molar-refractivity contribution < 1.29 is 9.90 Å². The Balaban J connectivity index is 1.59. The van der Waals surface area contributed by atoms with E-state index in [9.17, 15) is 4.79 Å². The maximum Gasteiger partial charge on any atom is 0.303 e. The van der Waals surface area contributed by atoms with Crippen LogP contribution in [-0.2, 0) is 11.8 Å². The highest BCUT2D eigenvalue weighted by molar-refractivity contribution is 5.66. The van der Waals surface area contributed by atoms with Crippen LogP contribution in [-0.4, -0.2) is 43.9 Å². The molecule has 7 heteroatoms. The Morgan fingerprint density at radius 3 is 2.75 bits per heavy atom. The molecule has 0 bridgehead atoms. The van der Waals surface area contributed by atoms with Crippen LogP contribution in [0.4, 0.5) is 5.95 Å². The van der Waals surface area contributed by atoms with Gasteiger partial charge in [0.15, 0.2) is 0 Å². The SMILES string of the molecule is Cn1nccc1-c1ccnc(N2CCC(CCCC(=O)O)CC2)n1. The van der Waals surface area contributed by atoms with E-state index >= 15 is 0 Å². The third-order valence-corrected chi connectivity index (χ3v) is 4.63. The fourth-order valence-electron chi connectivity index (χ4n) is 3.23. The molecule has 0 unspecified atom stereocenters. The molecule has 0 aliphatic carbocycles. The number of aromatic nitrogens is 4. The van der Waals surface area contributed by atoms with Gasteiger partial charge in [-0.15, -0.1) is 0 Å². The number of rotatable bonds is 6. The third-order valence-electron chi connectivity index (χ3n) is 4.63. The summed E-state index contributed by atoms with van der Waals surface area (Å²) >= 11 is 0. The minimum Gasteiger partial charge on any atom is -0.481 e. The van der Waals surface area contributed by atoms with Gasteiger partial charge in [-0.3, -0.25) is 9.48 Å². The highest BCUT2D eigenvalue weighted by Gasteiger charge is 2.21. The number of piperidine rings is 1. The molecule has 1 saturated heterocycles. The highest BCUT2D eigenvalue weighted by Crippen LogP contribution is 2.26. The van der Waals surface area contributed by atoms with E-state index in [1.807, 2.05) is 19.2 Å². The molecule has 7 nitrogen and oxygen atoms in total. The first-order valence-electron chi connectivity index (χ1n) is 8.41. The fourth-order valence-corrected chi connectivity index (χ4v) is 3.23. The molecule has 1 N–H and O–H groups in total. The van der Waals surface area contributed by atoms with Crippen LogP contribution >= 0.6 is 0 Å². The van der Waals surface area contributed by atoms with Gasteiger partial charge in [-0.05, 0) is 43.7 Å². The molecule has 0 atom stereocenters. The Hall–Kier alpha value is -2.44. The Bertz CT molecular complexity index is 692. The van der Waals surface area contributed by atoms with E-state index in [4.69, 9.17) is 5.11 Å². The first kappa shape index (κ1) is 16.4. The van der Waals surface area contributed by atoms with Gasteiger partial charge in [0, 0.05) is 39.0 Å². The Kier molecular flexibility index (Phi) is 5.08. The number of carbonyl (C=O) groups is 1. The van der Waals surface area contributed by atoms with Crippen LogP contribution in [0.5, 0.6) is 0 Å².